The molecule has 2 bridgehead atoms. The van der Waals surface area contributed by atoms with Crippen molar-refractivity contribution in [1.29, 1.82) is 0 Å². The largest absolute Gasteiger partial charge is 0.482 e. The van der Waals surface area contributed by atoms with Crippen molar-refractivity contribution in [2.45, 2.75) is 45.1 Å². The van der Waals surface area contributed by atoms with Crippen LogP contribution in [0.2, 0.25) is 0 Å². The van der Waals surface area contributed by atoms with Crippen LogP contribution in [0.25, 0.3) is 0 Å². The van der Waals surface area contributed by atoms with Gasteiger partial charge in [-0.05, 0) is 62.1 Å². The predicted molar refractivity (Wildman–Crippen MR) is 113 cm³/mol. The van der Waals surface area contributed by atoms with Crippen LogP contribution in [0.1, 0.15) is 37.7 Å². The lowest BCUT2D eigenvalue weighted by Crippen LogP contribution is -2.48. The van der Waals surface area contributed by atoms with Crippen LogP contribution < -0.4 is 15.8 Å². The highest BCUT2D eigenvalue weighted by Crippen LogP contribution is 2.42. The quantitative estimate of drug-likeness (QED) is 0.782. The Balaban J connectivity index is 0.00000280. The molecule has 0 spiro atoms. The van der Waals surface area contributed by atoms with Crippen LogP contribution >= 0.6 is 12.4 Å². The first kappa shape index (κ1) is 22.5. The maximum Gasteiger partial charge on any atom is 0.259 e. The van der Waals surface area contributed by atoms with Gasteiger partial charge in [0.25, 0.3) is 5.91 Å². The molecule has 7 heteroatoms. The Morgan fingerprint density at radius 1 is 1.21 bits per heavy atom. The molecule has 0 saturated heterocycles. The van der Waals surface area contributed by atoms with E-state index in [0.29, 0.717) is 23.3 Å². The number of rotatable bonds is 5. The Bertz CT molecular complexity index is 696. The second kappa shape index (κ2) is 9.61. The van der Waals surface area contributed by atoms with Crippen molar-refractivity contribution in [2.75, 3.05) is 26.0 Å². The van der Waals surface area contributed by atoms with E-state index in [9.17, 15) is 9.59 Å². The molecule has 0 heterocycles. The Kier molecular flexibility index (Phi) is 7.72. The molecule has 3 rings (SSSR count). The third-order valence-corrected chi connectivity index (χ3v) is 6.03. The van der Waals surface area contributed by atoms with E-state index < -0.39 is 0 Å². The molecule has 2 amide bonds. The summed E-state index contributed by atoms with van der Waals surface area (Å²) >= 11 is 0. The van der Waals surface area contributed by atoms with E-state index in [-0.39, 0.29) is 42.8 Å². The van der Waals surface area contributed by atoms with Crippen LogP contribution in [0.3, 0.4) is 0 Å². The van der Waals surface area contributed by atoms with Gasteiger partial charge in [0.1, 0.15) is 5.75 Å². The molecule has 0 radical (unpaired) electrons. The molecule has 2 atom stereocenters. The minimum atomic E-state index is -0.122. The monoisotopic (exact) mass is 409 g/mol. The molecule has 2 fully saturated rings. The molecule has 28 heavy (non-hydrogen) atoms. The molecule has 2 unspecified atom stereocenters. The maximum atomic E-state index is 12.9. The lowest BCUT2D eigenvalue weighted by molar-refractivity contribution is -0.130. The zero-order chi connectivity index (χ0) is 19.6. The number of halogens is 1. The molecule has 156 valence electrons. The van der Waals surface area contributed by atoms with E-state index in [1.807, 2.05) is 25.1 Å². The third-order valence-electron chi connectivity index (χ3n) is 6.03. The lowest BCUT2D eigenvalue weighted by Gasteiger charge is -2.43. The lowest BCUT2D eigenvalue weighted by atomic mass is 9.65. The van der Waals surface area contributed by atoms with Crippen molar-refractivity contribution >= 4 is 29.9 Å². The van der Waals surface area contributed by atoms with Gasteiger partial charge in [-0.1, -0.05) is 12.5 Å². The number of hydrogen-bond acceptors (Lipinski definition) is 4. The summed E-state index contributed by atoms with van der Waals surface area (Å²) in [6, 6.07) is 5.88. The number of anilines is 1. The van der Waals surface area contributed by atoms with Gasteiger partial charge in [-0.3, -0.25) is 9.59 Å². The number of carbonyl (C=O) groups is 2. The molecule has 0 aromatic heterocycles. The first-order valence-electron chi connectivity index (χ1n) is 9.85. The fourth-order valence-electron chi connectivity index (χ4n) is 4.36. The molecule has 1 aromatic rings. The average Bonchev–Trinajstić information content (AvgIpc) is 2.61. The SMILES string of the molecule is Cc1ccc(NC(=O)C2CC3CCCC(C2)C3N)c(OCC(=O)N(C)C)c1.Cl. The number of nitrogens with two attached hydrogens (primary N) is 1. The van der Waals surface area contributed by atoms with Gasteiger partial charge in [0.2, 0.25) is 5.91 Å². The summed E-state index contributed by atoms with van der Waals surface area (Å²) in [5.41, 5.74) is 7.98. The Labute approximate surface area is 173 Å². The first-order chi connectivity index (χ1) is 12.8. The third kappa shape index (κ3) is 5.17. The Morgan fingerprint density at radius 2 is 1.86 bits per heavy atom. The number of benzene rings is 1. The standard InChI is InChI=1S/C21H31N3O3.ClH/c1-13-7-8-17(18(9-13)27-12-19(25)24(2)3)23-21(26)16-10-14-5-4-6-15(11-16)20(14)22;/h7-9,14-16,20H,4-6,10-12,22H2,1-3H3,(H,23,26);1H. The second-order valence-electron chi connectivity index (χ2n) is 8.26. The van der Waals surface area contributed by atoms with E-state index in [4.69, 9.17) is 10.5 Å². The van der Waals surface area contributed by atoms with Gasteiger partial charge in [0, 0.05) is 26.1 Å². The van der Waals surface area contributed by atoms with Crippen LogP contribution in [-0.2, 0) is 9.59 Å². The van der Waals surface area contributed by atoms with Crippen molar-refractivity contribution in [3.63, 3.8) is 0 Å². The number of fused-ring (bicyclic) bond motifs is 2. The van der Waals surface area contributed by atoms with Gasteiger partial charge in [0.05, 0.1) is 5.69 Å². The van der Waals surface area contributed by atoms with Crippen molar-refractivity contribution in [3.8, 4) is 5.75 Å². The maximum absolute atomic E-state index is 12.9. The zero-order valence-corrected chi connectivity index (χ0v) is 17.8. The minimum absolute atomic E-state index is 0. The summed E-state index contributed by atoms with van der Waals surface area (Å²) < 4.78 is 5.70. The van der Waals surface area contributed by atoms with E-state index in [1.54, 1.807) is 14.1 Å². The number of aryl methyl sites for hydroxylation is 1. The number of nitrogens with one attached hydrogen (secondary N) is 1. The van der Waals surface area contributed by atoms with E-state index in [1.165, 1.54) is 11.3 Å². The molecule has 6 nitrogen and oxygen atoms in total. The number of likely N-dealkylation sites (N-methyl/N-ethyl adjacent to an activating group) is 1. The van der Waals surface area contributed by atoms with Gasteiger partial charge in [0.15, 0.2) is 6.61 Å². The molecular weight excluding hydrogens is 378 g/mol. The predicted octanol–water partition coefficient (Wildman–Crippen LogP) is 2.98. The highest BCUT2D eigenvalue weighted by Gasteiger charge is 2.40. The molecule has 2 saturated carbocycles. The number of nitrogens with zero attached hydrogens (tertiary/aromatic N) is 1. The molecule has 0 aliphatic heterocycles. The fourth-order valence-corrected chi connectivity index (χ4v) is 4.36. The van der Waals surface area contributed by atoms with Crippen molar-refractivity contribution in [1.82, 2.24) is 4.90 Å². The summed E-state index contributed by atoms with van der Waals surface area (Å²) in [7, 11) is 3.38. The summed E-state index contributed by atoms with van der Waals surface area (Å²) in [6.07, 6.45) is 5.22. The van der Waals surface area contributed by atoms with Crippen LogP contribution in [0.5, 0.6) is 5.75 Å². The topological polar surface area (TPSA) is 84.7 Å². The van der Waals surface area contributed by atoms with E-state index in [0.717, 1.165) is 31.2 Å². The molecular formula is C21H32ClN3O3. The number of hydrogen-bond donors (Lipinski definition) is 2. The molecule has 3 N–H and O–H groups in total. The van der Waals surface area contributed by atoms with Gasteiger partial charge in [-0.2, -0.15) is 0 Å². The molecule has 1 aromatic carbocycles. The Morgan fingerprint density at radius 3 is 2.46 bits per heavy atom. The van der Waals surface area contributed by atoms with Crippen molar-refractivity contribution in [3.05, 3.63) is 23.8 Å². The first-order valence-corrected chi connectivity index (χ1v) is 9.85. The zero-order valence-electron chi connectivity index (χ0n) is 16.9. The fraction of sp³-hybridized carbons (Fsp3) is 0.619. The van der Waals surface area contributed by atoms with E-state index in [2.05, 4.69) is 5.32 Å². The van der Waals surface area contributed by atoms with Gasteiger partial charge in [-0.15, -0.1) is 12.4 Å². The highest BCUT2D eigenvalue weighted by molar-refractivity contribution is 5.94. The van der Waals surface area contributed by atoms with Gasteiger partial charge >= 0.3 is 0 Å². The van der Waals surface area contributed by atoms with Crippen LogP contribution in [-0.4, -0.2) is 43.5 Å². The van der Waals surface area contributed by atoms with Gasteiger partial charge in [-0.25, -0.2) is 0 Å². The summed E-state index contributed by atoms with van der Waals surface area (Å²) in [5.74, 6) is 1.36. The summed E-state index contributed by atoms with van der Waals surface area (Å²) in [6.45, 7) is 1.90. The average molecular weight is 410 g/mol. The number of amides is 2. The smallest absolute Gasteiger partial charge is 0.259 e. The highest BCUT2D eigenvalue weighted by atomic mass is 35.5. The van der Waals surface area contributed by atoms with Crippen LogP contribution in [0, 0.1) is 24.7 Å². The summed E-state index contributed by atoms with van der Waals surface area (Å²) in [5, 5.41) is 3.03. The minimum Gasteiger partial charge on any atom is -0.482 e. The number of ether oxygens (including phenoxy) is 1. The molecule has 2 aliphatic carbocycles. The Hall–Kier alpha value is -1.79. The van der Waals surface area contributed by atoms with Crippen molar-refractivity contribution in [2.24, 2.45) is 23.5 Å². The van der Waals surface area contributed by atoms with Crippen LogP contribution in [0.15, 0.2) is 18.2 Å². The van der Waals surface area contributed by atoms with Gasteiger partial charge < -0.3 is 20.7 Å². The van der Waals surface area contributed by atoms with Crippen LogP contribution in [0.4, 0.5) is 5.69 Å². The number of carbonyl (C=O) groups excluding carboxylic acids is 2. The summed E-state index contributed by atoms with van der Waals surface area (Å²) in [4.78, 5) is 26.2. The van der Waals surface area contributed by atoms with E-state index >= 15 is 0 Å². The van der Waals surface area contributed by atoms with Crippen molar-refractivity contribution < 1.29 is 14.3 Å². The molecule has 2 aliphatic rings. The second-order valence-corrected chi connectivity index (χ2v) is 8.26. The normalized spacial score (nSPS) is 26.0.